The molecule has 0 atom stereocenters. The average Bonchev–Trinajstić information content (AvgIpc) is 2.90. The lowest BCUT2D eigenvalue weighted by Crippen LogP contribution is -2.17. The maximum Gasteiger partial charge on any atom is 0.343 e. The van der Waals surface area contributed by atoms with Gasteiger partial charge in [0.2, 0.25) is 0 Å². The molecule has 25 heavy (non-hydrogen) atoms. The van der Waals surface area contributed by atoms with Crippen LogP contribution < -0.4 is 14.8 Å². The number of imide groups is 1. The topological polar surface area (TPSA) is 90.9 Å². The lowest BCUT2D eigenvalue weighted by Gasteiger charge is -2.15. The highest BCUT2D eigenvalue weighted by molar-refractivity contribution is 8.18. The van der Waals surface area contributed by atoms with Gasteiger partial charge in [-0.1, -0.05) is 6.08 Å². The first-order valence-electron chi connectivity index (χ1n) is 7.24. The molecule has 0 radical (unpaired) electrons. The molecule has 1 heterocycles. The van der Waals surface area contributed by atoms with Crippen LogP contribution in [-0.2, 0) is 20.7 Å². The van der Waals surface area contributed by atoms with Gasteiger partial charge in [0, 0.05) is 5.56 Å². The SMILES string of the molecule is C=CCc1cc(/C=C2\SC(=O)NC2=O)cc(OC)c1OCC(=O)OC. The molecule has 1 N–H and O–H groups in total. The van der Waals surface area contributed by atoms with Gasteiger partial charge in [-0.2, -0.15) is 0 Å². The molecule has 1 fully saturated rings. The van der Waals surface area contributed by atoms with Gasteiger partial charge in [-0.05, 0) is 42.0 Å². The molecule has 132 valence electrons. The third kappa shape index (κ3) is 4.63. The summed E-state index contributed by atoms with van der Waals surface area (Å²) in [6.45, 7) is 3.44. The fourth-order valence-electron chi connectivity index (χ4n) is 2.15. The van der Waals surface area contributed by atoms with Crippen molar-refractivity contribution in [2.24, 2.45) is 0 Å². The van der Waals surface area contributed by atoms with E-state index in [1.54, 1.807) is 24.3 Å². The molecular weight excluding hydrogens is 346 g/mol. The van der Waals surface area contributed by atoms with Crippen LogP contribution in [0.4, 0.5) is 4.79 Å². The predicted octanol–water partition coefficient (Wildman–Crippen LogP) is 2.30. The van der Waals surface area contributed by atoms with E-state index in [1.807, 2.05) is 0 Å². The number of esters is 1. The van der Waals surface area contributed by atoms with E-state index >= 15 is 0 Å². The Balaban J connectivity index is 2.40. The number of carbonyl (C=O) groups is 3. The molecular formula is C17H17NO6S. The normalized spacial score (nSPS) is 15.0. The fraction of sp³-hybridized carbons (Fsp3) is 0.235. The van der Waals surface area contributed by atoms with Gasteiger partial charge in [-0.25, -0.2) is 4.79 Å². The fourth-order valence-corrected chi connectivity index (χ4v) is 2.83. The first-order valence-corrected chi connectivity index (χ1v) is 8.06. The molecule has 0 spiro atoms. The number of methoxy groups -OCH3 is 2. The summed E-state index contributed by atoms with van der Waals surface area (Å²) in [5, 5.41) is 1.79. The number of thioether (sulfide) groups is 1. The molecule has 0 saturated carbocycles. The molecule has 1 saturated heterocycles. The number of allylic oxidation sites excluding steroid dienone is 1. The van der Waals surface area contributed by atoms with Gasteiger partial charge in [0.25, 0.3) is 11.1 Å². The Labute approximate surface area is 149 Å². The summed E-state index contributed by atoms with van der Waals surface area (Å²) >= 11 is 0.831. The molecule has 2 rings (SSSR count). The Morgan fingerprint density at radius 3 is 2.64 bits per heavy atom. The summed E-state index contributed by atoms with van der Waals surface area (Å²) in [6.07, 6.45) is 3.73. The molecule has 1 aromatic carbocycles. The van der Waals surface area contributed by atoms with Crippen LogP contribution in [0.5, 0.6) is 11.5 Å². The number of carbonyl (C=O) groups excluding carboxylic acids is 3. The Hall–Kier alpha value is -2.74. The van der Waals surface area contributed by atoms with E-state index in [0.717, 1.165) is 17.3 Å². The van der Waals surface area contributed by atoms with Crippen molar-refractivity contribution in [3.05, 3.63) is 40.8 Å². The zero-order valence-corrected chi connectivity index (χ0v) is 14.6. The van der Waals surface area contributed by atoms with Crippen molar-refractivity contribution in [1.82, 2.24) is 5.32 Å². The number of ether oxygens (including phenoxy) is 3. The molecule has 0 bridgehead atoms. The van der Waals surface area contributed by atoms with E-state index < -0.39 is 17.1 Å². The monoisotopic (exact) mass is 363 g/mol. The van der Waals surface area contributed by atoms with Crippen LogP contribution in [0.3, 0.4) is 0 Å². The summed E-state index contributed by atoms with van der Waals surface area (Å²) in [5.41, 5.74) is 1.38. The molecule has 8 heteroatoms. The molecule has 2 amide bonds. The molecule has 1 aromatic rings. The number of benzene rings is 1. The maximum absolute atomic E-state index is 11.7. The first-order chi connectivity index (χ1) is 12.0. The minimum absolute atomic E-state index is 0.260. The van der Waals surface area contributed by atoms with E-state index in [9.17, 15) is 14.4 Å². The zero-order valence-electron chi connectivity index (χ0n) is 13.8. The van der Waals surface area contributed by atoms with Crippen molar-refractivity contribution in [3.8, 4) is 11.5 Å². The van der Waals surface area contributed by atoms with Crippen LogP contribution in [0.15, 0.2) is 29.7 Å². The van der Waals surface area contributed by atoms with Crippen LogP contribution in [0.25, 0.3) is 6.08 Å². The van der Waals surface area contributed by atoms with Crippen molar-refractivity contribution < 1.29 is 28.6 Å². The van der Waals surface area contributed by atoms with Gasteiger partial charge in [0.15, 0.2) is 18.1 Å². The Morgan fingerprint density at radius 1 is 1.32 bits per heavy atom. The zero-order chi connectivity index (χ0) is 18.4. The van der Waals surface area contributed by atoms with Gasteiger partial charge >= 0.3 is 5.97 Å². The molecule has 0 unspecified atom stereocenters. The number of nitrogens with one attached hydrogen (secondary N) is 1. The lowest BCUT2D eigenvalue weighted by molar-refractivity contribution is -0.142. The van der Waals surface area contributed by atoms with E-state index in [-0.39, 0.29) is 6.61 Å². The maximum atomic E-state index is 11.7. The van der Waals surface area contributed by atoms with Gasteiger partial charge in [0.05, 0.1) is 19.1 Å². The van der Waals surface area contributed by atoms with Crippen molar-refractivity contribution in [2.75, 3.05) is 20.8 Å². The summed E-state index contributed by atoms with van der Waals surface area (Å²) in [5.74, 6) is -0.167. The molecule has 1 aliphatic rings. The van der Waals surface area contributed by atoms with Crippen LogP contribution in [0.2, 0.25) is 0 Å². The average molecular weight is 363 g/mol. The highest BCUT2D eigenvalue weighted by Crippen LogP contribution is 2.35. The van der Waals surface area contributed by atoms with E-state index in [0.29, 0.717) is 28.4 Å². The third-order valence-electron chi connectivity index (χ3n) is 3.24. The summed E-state index contributed by atoms with van der Waals surface area (Å²) in [4.78, 5) is 34.6. The predicted molar refractivity (Wildman–Crippen MR) is 93.5 cm³/mol. The van der Waals surface area contributed by atoms with Crippen molar-refractivity contribution >= 4 is 35.0 Å². The smallest absolute Gasteiger partial charge is 0.343 e. The van der Waals surface area contributed by atoms with Crippen molar-refractivity contribution in [1.29, 1.82) is 0 Å². The van der Waals surface area contributed by atoms with Gasteiger partial charge in [-0.3, -0.25) is 14.9 Å². The number of rotatable bonds is 7. The second kappa shape index (κ2) is 8.39. The van der Waals surface area contributed by atoms with Crippen LogP contribution >= 0.6 is 11.8 Å². The van der Waals surface area contributed by atoms with E-state index in [1.165, 1.54) is 14.2 Å². The minimum atomic E-state index is -0.518. The second-order valence-corrected chi connectivity index (χ2v) is 5.94. The Morgan fingerprint density at radius 2 is 2.08 bits per heavy atom. The van der Waals surface area contributed by atoms with E-state index in [2.05, 4.69) is 16.6 Å². The lowest BCUT2D eigenvalue weighted by atomic mass is 10.0. The number of hydrogen-bond donors (Lipinski definition) is 1. The Kier molecular flexibility index (Phi) is 6.24. The van der Waals surface area contributed by atoms with Crippen molar-refractivity contribution in [3.63, 3.8) is 0 Å². The van der Waals surface area contributed by atoms with Crippen LogP contribution in [-0.4, -0.2) is 37.9 Å². The van der Waals surface area contributed by atoms with Crippen LogP contribution in [0, 0.1) is 0 Å². The molecule has 0 aliphatic carbocycles. The largest absolute Gasteiger partial charge is 0.493 e. The van der Waals surface area contributed by atoms with Gasteiger partial charge < -0.3 is 14.2 Å². The molecule has 7 nitrogen and oxygen atoms in total. The standard InChI is InChI=1S/C17H17NO6S/c1-4-5-11-6-10(8-13-16(20)18-17(21)25-13)7-12(22-2)15(11)24-9-14(19)23-3/h4,6-8H,1,5,9H2,2-3H3,(H,18,20,21)/b13-8-. The first kappa shape index (κ1) is 18.6. The van der Waals surface area contributed by atoms with E-state index in [4.69, 9.17) is 9.47 Å². The van der Waals surface area contributed by atoms with Crippen molar-refractivity contribution in [2.45, 2.75) is 6.42 Å². The minimum Gasteiger partial charge on any atom is -0.493 e. The highest BCUT2D eigenvalue weighted by Gasteiger charge is 2.25. The number of amides is 2. The summed E-state index contributed by atoms with van der Waals surface area (Å²) < 4.78 is 15.4. The van der Waals surface area contributed by atoms with Gasteiger partial charge in [0.1, 0.15) is 0 Å². The molecule has 1 aliphatic heterocycles. The Bertz CT molecular complexity index is 756. The summed E-state index contributed by atoms with van der Waals surface area (Å²) in [7, 11) is 2.74. The highest BCUT2D eigenvalue weighted by atomic mass is 32.2. The van der Waals surface area contributed by atoms with Crippen LogP contribution in [0.1, 0.15) is 11.1 Å². The quantitative estimate of drug-likeness (QED) is 0.451. The van der Waals surface area contributed by atoms with Gasteiger partial charge in [-0.15, -0.1) is 6.58 Å². The third-order valence-corrected chi connectivity index (χ3v) is 4.05. The number of hydrogen-bond acceptors (Lipinski definition) is 7. The summed E-state index contributed by atoms with van der Waals surface area (Å²) in [6, 6.07) is 3.43. The second-order valence-electron chi connectivity index (χ2n) is 4.92. The molecule has 0 aromatic heterocycles.